The summed E-state index contributed by atoms with van der Waals surface area (Å²) in [5, 5.41) is 4.59. The Morgan fingerprint density at radius 2 is 1.85 bits per heavy atom. The molecule has 0 aromatic heterocycles. The second-order valence-corrected chi connectivity index (χ2v) is 7.16. The van der Waals surface area contributed by atoms with Gasteiger partial charge in [0.05, 0.1) is 0 Å². The van der Waals surface area contributed by atoms with Gasteiger partial charge < -0.3 is 10.1 Å². The van der Waals surface area contributed by atoms with E-state index in [9.17, 15) is 0 Å². The van der Waals surface area contributed by atoms with E-state index in [0.29, 0.717) is 17.4 Å². The molecule has 0 spiro atoms. The van der Waals surface area contributed by atoms with E-state index in [2.05, 4.69) is 24.4 Å². The summed E-state index contributed by atoms with van der Waals surface area (Å²) in [6.45, 7) is 5.37. The topological polar surface area (TPSA) is 21.3 Å². The molecule has 0 radical (unpaired) electrons. The van der Waals surface area contributed by atoms with Crippen molar-refractivity contribution in [2.24, 2.45) is 5.41 Å². The van der Waals surface area contributed by atoms with Crippen LogP contribution in [-0.2, 0) is 4.74 Å². The first-order valence-corrected chi connectivity index (χ1v) is 8.09. The molecule has 3 rings (SSSR count). The summed E-state index contributed by atoms with van der Waals surface area (Å²) in [4.78, 5) is 0. The Morgan fingerprint density at radius 3 is 2.50 bits per heavy atom. The van der Waals surface area contributed by atoms with Gasteiger partial charge in [0.25, 0.3) is 0 Å². The Kier molecular flexibility index (Phi) is 4.34. The van der Waals surface area contributed by atoms with Gasteiger partial charge in [-0.05, 0) is 54.7 Å². The summed E-state index contributed by atoms with van der Waals surface area (Å²) in [5.41, 5.74) is 1.87. The van der Waals surface area contributed by atoms with Crippen molar-refractivity contribution in [3.05, 3.63) is 34.9 Å². The highest BCUT2D eigenvalue weighted by Crippen LogP contribution is 2.38. The van der Waals surface area contributed by atoms with E-state index in [1.54, 1.807) is 0 Å². The number of ether oxygens (including phenoxy) is 1. The molecule has 1 saturated heterocycles. The molecule has 0 unspecified atom stereocenters. The third kappa shape index (κ3) is 3.36. The van der Waals surface area contributed by atoms with Crippen molar-refractivity contribution in [1.82, 2.24) is 5.32 Å². The maximum atomic E-state index is 5.93. The highest BCUT2D eigenvalue weighted by Gasteiger charge is 2.33. The monoisotopic (exact) mass is 293 g/mol. The molecular weight excluding hydrogens is 270 g/mol. The number of halogens is 1. The highest BCUT2D eigenvalue weighted by atomic mass is 35.5. The quantitative estimate of drug-likeness (QED) is 0.906. The van der Waals surface area contributed by atoms with E-state index in [4.69, 9.17) is 16.3 Å². The Balaban J connectivity index is 1.43. The molecule has 2 aliphatic rings. The molecule has 0 atom stereocenters. The van der Waals surface area contributed by atoms with Crippen molar-refractivity contribution in [2.75, 3.05) is 19.8 Å². The van der Waals surface area contributed by atoms with Crippen molar-refractivity contribution in [3.8, 4) is 0 Å². The van der Waals surface area contributed by atoms with Crippen LogP contribution in [0, 0.1) is 5.41 Å². The van der Waals surface area contributed by atoms with Crippen LogP contribution in [0.3, 0.4) is 0 Å². The first-order chi connectivity index (χ1) is 9.65. The second kappa shape index (κ2) is 6.05. The Hall–Kier alpha value is -0.570. The Bertz CT molecular complexity index is 433. The maximum absolute atomic E-state index is 5.93. The lowest BCUT2D eigenvalue weighted by Crippen LogP contribution is -2.46. The van der Waals surface area contributed by atoms with Gasteiger partial charge in [-0.1, -0.05) is 30.7 Å². The minimum absolute atomic E-state index is 0.434. The van der Waals surface area contributed by atoms with Crippen molar-refractivity contribution in [2.45, 2.75) is 44.6 Å². The summed E-state index contributed by atoms with van der Waals surface area (Å²) in [6.07, 6.45) is 4.89. The van der Waals surface area contributed by atoms with E-state index in [1.807, 2.05) is 12.1 Å². The van der Waals surface area contributed by atoms with E-state index in [-0.39, 0.29) is 0 Å². The third-order valence-electron chi connectivity index (χ3n) is 5.00. The smallest absolute Gasteiger partial charge is 0.0471 e. The summed E-state index contributed by atoms with van der Waals surface area (Å²) < 4.78 is 5.46. The lowest BCUT2D eigenvalue weighted by molar-refractivity contribution is 0.0211. The molecule has 1 aromatic rings. The van der Waals surface area contributed by atoms with Gasteiger partial charge in [-0.15, -0.1) is 0 Å². The fourth-order valence-corrected chi connectivity index (χ4v) is 3.35. The van der Waals surface area contributed by atoms with Crippen LogP contribution in [0.5, 0.6) is 0 Å². The molecule has 110 valence electrons. The minimum atomic E-state index is 0.434. The fraction of sp³-hybridized carbons (Fsp3) is 0.647. The second-order valence-electron chi connectivity index (χ2n) is 6.72. The molecule has 2 fully saturated rings. The standard InChI is InChI=1S/C17H24ClNO/c1-17(6-8-20-9-7-17)12-19-16-10-14(11-16)13-2-4-15(18)5-3-13/h2-5,14,16,19H,6-12H2,1H3. The molecule has 1 saturated carbocycles. The van der Waals surface area contributed by atoms with Crippen LogP contribution in [0.1, 0.15) is 44.1 Å². The predicted molar refractivity (Wildman–Crippen MR) is 83.4 cm³/mol. The SMILES string of the molecule is CC1(CNC2CC(c3ccc(Cl)cc3)C2)CCOCC1. The molecule has 1 aromatic carbocycles. The van der Waals surface area contributed by atoms with Crippen LogP contribution in [0.2, 0.25) is 5.02 Å². The van der Waals surface area contributed by atoms with Crippen LogP contribution >= 0.6 is 11.6 Å². The average molecular weight is 294 g/mol. The molecule has 2 nitrogen and oxygen atoms in total. The van der Waals surface area contributed by atoms with E-state index in [1.165, 1.54) is 31.2 Å². The minimum Gasteiger partial charge on any atom is -0.381 e. The van der Waals surface area contributed by atoms with E-state index >= 15 is 0 Å². The lowest BCUT2D eigenvalue weighted by Gasteiger charge is -2.40. The summed E-state index contributed by atoms with van der Waals surface area (Å²) in [7, 11) is 0. The Morgan fingerprint density at radius 1 is 1.20 bits per heavy atom. The molecule has 1 aliphatic carbocycles. The summed E-state index contributed by atoms with van der Waals surface area (Å²) in [6, 6.07) is 9.03. The first kappa shape index (κ1) is 14.4. The van der Waals surface area contributed by atoms with Crippen molar-refractivity contribution in [1.29, 1.82) is 0 Å². The summed E-state index contributed by atoms with van der Waals surface area (Å²) >= 11 is 5.93. The van der Waals surface area contributed by atoms with Crippen molar-refractivity contribution in [3.63, 3.8) is 0 Å². The zero-order chi connectivity index (χ0) is 14.0. The van der Waals surface area contributed by atoms with Gasteiger partial charge in [0.2, 0.25) is 0 Å². The predicted octanol–water partition coefficient (Wildman–Crippen LogP) is 3.99. The largest absolute Gasteiger partial charge is 0.381 e. The van der Waals surface area contributed by atoms with Crippen LogP contribution in [-0.4, -0.2) is 25.8 Å². The molecule has 20 heavy (non-hydrogen) atoms. The first-order valence-electron chi connectivity index (χ1n) is 7.71. The molecule has 0 bridgehead atoms. The van der Waals surface area contributed by atoms with Gasteiger partial charge in [0.1, 0.15) is 0 Å². The normalized spacial score (nSPS) is 28.9. The average Bonchev–Trinajstić information content (AvgIpc) is 2.40. The summed E-state index contributed by atoms with van der Waals surface area (Å²) in [5.74, 6) is 0.715. The van der Waals surface area contributed by atoms with Gasteiger partial charge in [-0.2, -0.15) is 0 Å². The van der Waals surface area contributed by atoms with Gasteiger partial charge in [-0.3, -0.25) is 0 Å². The fourth-order valence-electron chi connectivity index (χ4n) is 3.22. The van der Waals surface area contributed by atoms with Crippen LogP contribution in [0.25, 0.3) is 0 Å². The van der Waals surface area contributed by atoms with Gasteiger partial charge in [0, 0.05) is 30.8 Å². The van der Waals surface area contributed by atoms with Crippen molar-refractivity contribution < 1.29 is 4.74 Å². The van der Waals surface area contributed by atoms with Gasteiger partial charge in [0.15, 0.2) is 0 Å². The lowest BCUT2D eigenvalue weighted by atomic mass is 9.75. The third-order valence-corrected chi connectivity index (χ3v) is 5.25. The maximum Gasteiger partial charge on any atom is 0.0471 e. The molecule has 1 N–H and O–H groups in total. The van der Waals surface area contributed by atoms with Crippen LogP contribution in [0.15, 0.2) is 24.3 Å². The molecule has 3 heteroatoms. The van der Waals surface area contributed by atoms with E-state index in [0.717, 1.165) is 24.8 Å². The molecular formula is C17H24ClNO. The zero-order valence-corrected chi connectivity index (χ0v) is 13.0. The number of hydrogen-bond donors (Lipinski definition) is 1. The van der Waals surface area contributed by atoms with Crippen LogP contribution in [0.4, 0.5) is 0 Å². The number of rotatable bonds is 4. The zero-order valence-electron chi connectivity index (χ0n) is 12.2. The highest BCUT2D eigenvalue weighted by molar-refractivity contribution is 6.30. The molecule has 1 aliphatic heterocycles. The number of nitrogens with one attached hydrogen (secondary N) is 1. The van der Waals surface area contributed by atoms with Gasteiger partial charge in [-0.25, -0.2) is 0 Å². The molecule has 1 heterocycles. The van der Waals surface area contributed by atoms with E-state index < -0.39 is 0 Å². The Labute approximate surface area is 126 Å². The van der Waals surface area contributed by atoms with Crippen molar-refractivity contribution >= 4 is 11.6 Å². The van der Waals surface area contributed by atoms with Crippen LogP contribution < -0.4 is 5.32 Å². The number of hydrogen-bond acceptors (Lipinski definition) is 2. The molecule has 0 amide bonds. The number of benzene rings is 1. The van der Waals surface area contributed by atoms with Gasteiger partial charge >= 0.3 is 0 Å².